The average molecular weight is 463 g/mol. The predicted molar refractivity (Wildman–Crippen MR) is 130 cm³/mol. The van der Waals surface area contributed by atoms with Gasteiger partial charge < -0.3 is 4.84 Å². The highest BCUT2D eigenvalue weighted by Crippen LogP contribution is 2.54. The maximum absolute atomic E-state index is 13.5. The molecule has 2 aliphatic carbocycles. The van der Waals surface area contributed by atoms with Gasteiger partial charge in [-0.15, -0.1) is 0 Å². The van der Waals surface area contributed by atoms with Gasteiger partial charge >= 0.3 is 5.97 Å². The van der Waals surface area contributed by atoms with Gasteiger partial charge in [0.05, 0.1) is 4.92 Å². The Kier molecular flexibility index (Phi) is 6.64. The number of nitro benzene ring substituents is 1. The minimum Gasteiger partial charge on any atom is -0.318 e. The Morgan fingerprint density at radius 2 is 1.68 bits per heavy atom. The van der Waals surface area contributed by atoms with E-state index in [-0.39, 0.29) is 27.5 Å². The van der Waals surface area contributed by atoms with Gasteiger partial charge in [0.2, 0.25) is 5.78 Å². The highest BCUT2D eigenvalue weighted by Gasteiger charge is 2.43. The molecule has 34 heavy (non-hydrogen) atoms. The molecule has 0 amide bonds. The first kappa shape index (κ1) is 23.8. The normalized spacial score (nSPS) is 16.0. The van der Waals surface area contributed by atoms with Crippen LogP contribution in [0.1, 0.15) is 87.2 Å². The van der Waals surface area contributed by atoms with Crippen molar-refractivity contribution in [3.63, 3.8) is 0 Å². The monoisotopic (exact) mass is 462 g/mol. The number of non-ortho nitro benzene ring substituents is 1. The molecule has 1 saturated carbocycles. The van der Waals surface area contributed by atoms with Crippen molar-refractivity contribution >= 4 is 23.2 Å². The standard InChI is InChI=1S/C27H30N2O5/c1-4-12-27(13-5-2)23-15-19(26(31)25(14-18-6-7-18)28-34-17(3)30)8-10-21(23)22-11-9-20(29(32)33)16-24(22)27/h8-11,15-16,18H,4-7,12-14H2,1-3H3/b28-25+. The summed E-state index contributed by atoms with van der Waals surface area (Å²) in [4.78, 5) is 40.8. The third kappa shape index (κ3) is 4.39. The number of Topliss-reactive ketones (excluding diaryl/α,β-unsaturated/α-hetero) is 1. The number of carbonyl (C=O) groups excluding carboxylic acids is 2. The predicted octanol–water partition coefficient (Wildman–Crippen LogP) is 6.36. The zero-order valence-corrected chi connectivity index (χ0v) is 19.9. The molecule has 178 valence electrons. The number of benzene rings is 2. The van der Waals surface area contributed by atoms with Gasteiger partial charge in [0, 0.05) is 30.0 Å². The van der Waals surface area contributed by atoms with Crippen molar-refractivity contribution in [3.8, 4) is 11.1 Å². The van der Waals surface area contributed by atoms with E-state index in [2.05, 4.69) is 19.0 Å². The summed E-state index contributed by atoms with van der Waals surface area (Å²) in [6, 6.07) is 10.8. The Labute approximate surface area is 199 Å². The number of rotatable bonds is 10. The molecule has 0 atom stereocenters. The number of nitro groups is 1. The molecule has 2 aromatic rings. The van der Waals surface area contributed by atoms with Crippen molar-refractivity contribution in [2.75, 3.05) is 0 Å². The molecule has 0 heterocycles. The molecule has 2 aliphatic rings. The third-order valence-electron chi connectivity index (χ3n) is 6.90. The molecule has 0 unspecified atom stereocenters. The maximum atomic E-state index is 13.5. The quantitative estimate of drug-likeness (QED) is 0.134. The van der Waals surface area contributed by atoms with Gasteiger partial charge in [0.1, 0.15) is 5.71 Å². The zero-order valence-electron chi connectivity index (χ0n) is 19.9. The van der Waals surface area contributed by atoms with Crippen LogP contribution in [0, 0.1) is 16.0 Å². The largest absolute Gasteiger partial charge is 0.331 e. The lowest BCUT2D eigenvalue weighted by molar-refractivity contribution is -0.384. The Hall–Kier alpha value is -3.35. The second-order valence-corrected chi connectivity index (χ2v) is 9.43. The van der Waals surface area contributed by atoms with Gasteiger partial charge in [0.25, 0.3) is 5.69 Å². The average Bonchev–Trinajstić information content (AvgIpc) is 3.60. The van der Waals surface area contributed by atoms with E-state index in [0.29, 0.717) is 17.9 Å². The molecule has 0 aromatic heterocycles. The lowest BCUT2D eigenvalue weighted by atomic mass is 9.71. The molecule has 7 heteroatoms. The van der Waals surface area contributed by atoms with Gasteiger partial charge in [-0.2, -0.15) is 0 Å². The van der Waals surface area contributed by atoms with E-state index in [1.54, 1.807) is 18.2 Å². The lowest BCUT2D eigenvalue weighted by Crippen LogP contribution is -2.26. The minimum absolute atomic E-state index is 0.0830. The molecule has 7 nitrogen and oxygen atoms in total. The lowest BCUT2D eigenvalue weighted by Gasteiger charge is -2.32. The first-order valence-corrected chi connectivity index (χ1v) is 12.0. The Bertz CT molecular complexity index is 1170. The van der Waals surface area contributed by atoms with E-state index in [1.165, 1.54) is 6.92 Å². The van der Waals surface area contributed by atoms with Crippen LogP contribution in [0.5, 0.6) is 0 Å². The molecule has 0 spiro atoms. The number of hydrogen-bond acceptors (Lipinski definition) is 6. The van der Waals surface area contributed by atoms with Crippen LogP contribution in [0.25, 0.3) is 11.1 Å². The van der Waals surface area contributed by atoms with E-state index in [4.69, 9.17) is 4.84 Å². The SMILES string of the molecule is CCCC1(CCC)c2cc(C(=O)/C(CC3CC3)=N/OC(C)=O)ccc2-c2ccc([N+](=O)[O-])cc21. The number of fused-ring (bicyclic) bond motifs is 3. The van der Waals surface area contributed by atoms with E-state index in [9.17, 15) is 19.7 Å². The van der Waals surface area contributed by atoms with Gasteiger partial charge in [-0.1, -0.05) is 44.0 Å². The van der Waals surface area contributed by atoms with Crippen molar-refractivity contribution in [2.24, 2.45) is 11.1 Å². The summed E-state index contributed by atoms with van der Waals surface area (Å²) < 4.78 is 0. The molecular formula is C27H30N2O5. The topological polar surface area (TPSA) is 98.9 Å². The first-order chi connectivity index (χ1) is 16.3. The van der Waals surface area contributed by atoms with Crippen LogP contribution in [-0.2, 0) is 15.0 Å². The fourth-order valence-corrected chi connectivity index (χ4v) is 5.31. The Balaban J connectivity index is 1.82. The third-order valence-corrected chi connectivity index (χ3v) is 6.90. The van der Waals surface area contributed by atoms with Crippen molar-refractivity contribution < 1.29 is 19.3 Å². The second kappa shape index (κ2) is 9.49. The summed E-state index contributed by atoms with van der Waals surface area (Å²) in [5, 5.41) is 15.4. The van der Waals surface area contributed by atoms with Gasteiger partial charge in [-0.25, -0.2) is 4.79 Å². The number of hydrogen-bond donors (Lipinski definition) is 0. The summed E-state index contributed by atoms with van der Waals surface area (Å²) in [5.74, 6) is -0.395. The summed E-state index contributed by atoms with van der Waals surface area (Å²) >= 11 is 0. The van der Waals surface area contributed by atoms with Crippen LogP contribution in [0.15, 0.2) is 41.6 Å². The molecular weight excluding hydrogens is 432 g/mol. The molecule has 1 fully saturated rings. The van der Waals surface area contributed by atoms with Crippen LogP contribution in [0.4, 0.5) is 5.69 Å². The van der Waals surface area contributed by atoms with Crippen LogP contribution >= 0.6 is 0 Å². The Morgan fingerprint density at radius 3 is 2.24 bits per heavy atom. The molecule has 0 bridgehead atoms. The molecule has 2 aromatic carbocycles. The Morgan fingerprint density at radius 1 is 1.06 bits per heavy atom. The number of nitrogens with zero attached hydrogens (tertiary/aromatic N) is 2. The second-order valence-electron chi connectivity index (χ2n) is 9.43. The molecule has 4 rings (SSSR count). The smallest absolute Gasteiger partial charge is 0.318 e. The van der Waals surface area contributed by atoms with Crippen LogP contribution in [-0.4, -0.2) is 22.4 Å². The number of oxime groups is 1. The highest BCUT2D eigenvalue weighted by atomic mass is 16.7. The van der Waals surface area contributed by atoms with E-state index >= 15 is 0 Å². The minimum atomic E-state index is -0.558. The summed E-state index contributed by atoms with van der Waals surface area (Å²) in [7, 11) is 0. The molecule has 0 N–H and O–H groups in total. The number of ketones is 1. The molecule has 0 aliphatic heterocycles. The summed E-state index contributed by atoms with van der Waals surface area (Å²) in [6.45, 7) is 5.49. The van der Waals surface area contributed by atoms with Crippen LogP contribution in [0.2, 0.25) is 0 Å². The van der Waals surface area contributed by atoms with Gasteiger partial charge in [-0.3, -0.25) is 14.9 Å². The number of carbonyl (C=O) groups is 2. The van der Waals surface area contributed by atoms with E-state index in [1.807, 2.05) is 18.2 Å². The molecule has 0 radical (unpaired) electrons. The van der Waals surface area contributed by atoms with Crippen LogP contribution < -0.4 is 0 Å². The zero-order chi connectivity index (χ0) is 24.5. The highest BCUT2D eigenvalue weighted by molar-refractivity contribution is 6.46. The summed E-state index contributed by atoms with van der Waals surface area (Å²) in [5.41, 5.74) is 4.48. The van der Waals surface area contributed by atoms with Crippen molar-refractivity contribution in [1.82, 2.24) is 0 Å². The molecule has 0 saturated heterocycles. The van der Waals surface area contributed by atoms with Crippen molar-refractivity contribution in [2.45, 2.75) is 71.1 Å². The van der Waals surface area contributed by atoms with Gasteiger partial charge in [-0.05, 0) is 72.4 Å². The fourth-order valence-electron chi connectivity index (χ4n) is 5.31. The van der Waals surface area contributed by atoms with Crippen molar-refractivity contribution in [1.29, 1.82) is 0 Å². The summed E-state index contributed by atoms with van der Waals surface area (Å²) in [6.07, 6.45) is 6.04. The van der Waals surface area contributed by atoms with E-state index in [0.717, 1.165) is 60.8 Å². The maximum Gasteiger partial charge on any atom is 0.331 e. The van der Waals surface area contributed by atoms with Crippen molar-refractivity contribution in [3.05, 3.63) is 63.2 Å². The fraction of sp³-hybridized carbons (Fsp3) is 0.444. The first-order valence-electron chi connectivity index (χ1n) is 12.0. The van der Waals surface area contributed by atoms with Gasteiger partial charge in [0.15, 0.2) is 0 Å². The van der Waals surface area contributed by atoms with E-state index < -0.39 is 5.97 Å². The van der Waals surface area contributed by atoms with Crippen LogP contribution in [0.3, 0.4) is 0 Å².